The lowest BCUT2D eigenvalue weighted by molar-refractivity contribution is -0.193. The van der Waals surface area contributed by atoms with Crippen LogP contribution in [-0.2, 0) is 40.4 Å². The maximum Gasteiger partial charge on any atom is 0.490 e. The zero-order valence-corrected chi connectivity index (χ0v) is 17.8. The fourth-order valence-corrected chi connectivity index (χ4v) is 3.22. The van der Waals surface area contributed by atoms with Gasteiger partial charge in [0.2, 0.25) is 0 Å². The van der Waals surface area contributed by atoms with Crippen LogP contribution < -0.4 is 0 Å². The number of thiazole rings is 1. The summed E-state index contributed by atoms with van der Waals surface area (Å²) in [5, 5.41) is 17.5. The molecule has 2 aromatic rings. The Kier molecular flexibility index (Phi) is 10.7. The number of aromatic nitrogens is 2. The third kappa shape index (κ3) is 10.1. The quantitative estimate of drug-likeness (QED) is 0.610. The normalized spacial score (nSPS) is 13.7. The molecule has 33 heavy (non-hydrogen) atoms. The summed E-state index contributed by atoms with van der Waals surface area (Å²) in [5.74, 6) is -5.51. The second-order valence-electron chi connectivity index (χ2n) is 6.36. The lowest BCUT2D eigenvalue weighted by Gasteiger charge is -2.28. The van der Waals surface area contributed by atoms with E-state index in [1.165, 1.54) is 21.7 Å². The molecule has 184 valence electrons. The number of methoxy groups -OCH3 is 1. The van der Waals surface area contributed by atoms with E-state index in [4.69, 9.17) is 24.5 Å². The Labute approximate surface area is 187 Å². The summed E-state index contributed by atoms with van der Waals surface area (Å²) in [6.45, 7) is 3.63. The van der Waals surface area contributed by atoms with Gasteiger partial charge in [0.25, 0.3) is 0 Å². The molecule has 0 radical (unpaired) electrons. The number of hydrogen-bond acceptors (Lipinski definition) is 7. The largest absolute Gasteiger partial charge is 0.490 e. The number of aliphatic carboxylic acids is 2. The summed E-state index contributed by atoms with van der Waals surface area (Å²) >= 11 is 1.72. The SMILES string of the molecule is COCc1cncc2c1CCN(Cc1nccs1)C2.O=C(O)C(F)(F)F.O=C(O)C(F)(F)F. The van der Waals surface area contributed by atoms with Crippen molar-refractivity contribution >= 4 is 23.3 Å². The van der Waals surface area contributed by atoms with Crippen LogP contribution in [0.15, 0.2) is 24.0 Å². The van der Waals surface area contributed by atoms with E-state index in [-0.39, 0.29) is 0 Å². The lowest BCUT2D eigenvalue weighted by Crippen LogP contribution is -2.30. The van der Waals surface area contributed by atoms with Crippen LogP contribution in [0.3, 0.4) is 0 Å². The third-order valence-electron chi connectivity index (χ3n) is 3.94. The zero-order valence-electron chi connectivity index (χ0n) is 17.0. The highest BCUT2D eigenvalue weighted by Gasteiger charge is 2.38. The van der Waals surface area contributed by atoms with Gasteiger partial charge in [-0.25, -0.2) is 14.6 Å². The number of carboxylic acid groups (broad SMARTS) is 2. The smallest absolute Gasteiger partial charge is 0.475 e. The van der Waals surface area contributed by atoms with Crippen LogP contribution in [0.2, 0.25) is 0 Å². The molecule has 0 fully saturated rings. The van der Waals surface area contributed by atoms with Crippen LogP contribution in [-0.4, -0.2) is 63.0 Å². The lowest BCUT2D eigenvalue weighted by atomic mass is 9.97. The summed E-state index contributed by atoms with van der Waals surface area (Å²) in [6.07, 6.45) is -3.31. The Bertz CT molecular complexity index is 882. The molecule has 8 nitrogen and oxygen atoms in total. The van der Waals surface area contributed by atoms with Crippen molar-refractivity contribution in [2.75, 3.05) is 13.7 Å². The summed E-state index contributed by atoms with van der Waals surface area (Å²) in [4.78, 5) is 28.9. The number of pyridine rings is 1. The first-order valence-electron chi connectivity index (χ1n) is 8.90. The van der Waals surface area contributed by atoms with E-state index < -0.39 is 24.3 Å². The molecule has 2 N–H and O–H groups in total. The number of alkyl halides is 6. The summed E-state index contributed by atoms with van der Waals surface area (Å²) < 4.78 is 68.7. The van der Waals surface area contributed by atoms with Crippen molar-refractivity contribution in [1.82, 2.24) is 14.9 Å². The average molecular weight is 503 g/mol. The maximum absolute atomic E-state index is 10.6. The standard InChI is InChI=1S/C14H17N3OS.2C2HF3O2/c1-18-10-12-7-15-6-11-8-17(4-2-13(11)12)9-14-16-3-5-19-14;2*3-2(4,5)1(6)7/h3,5-7H,2,4,8-10H2,1H3;2*(H,6,7). The molecule has 1 aliphatic heterocycles. The molecule has 0 bridgehead atoms. The molecule has 0 unspecified atom stereocenters. The first-order valence-corrected chi connectivity index (χ1v) is 9.78. The minimum atomic E-state index is -5.08. The number of ether oxygens (including phenoxy) is 1. The molecule has 3 heterocycles. The predicted octanol–water partition coefficient (Wildman–Crippen LogP) is 3.51. The Morgan fingerprint density at radius 3 is 2.15 bits per heavy atom. The molecule has 0 saturated carbocycles. The zero-order chi connectivity index (χ0) is 25.2. The highest BCUT2D eigenvalue weighted by Crippen LogP contribution is 2.23. The molecule has 0 atom stereocenters. The van der Waals surface area contributed by atoms with Crippen molar-refractivity contribution in [3.63, 3.8) is 0 Å². The van der Waals surface area contributed by atoms with Gasteiger partial charge in [0.1, 0.15) is 5.01 Å². The first-order chi connectivity index (χ1) is 15.3. The molecule has 1 aliphatic rings. The van der Waals surface area contributed by atoms with Gasteiger partial charge in [-0.2, -0.15) is 26.3 Å². The molecule has 0 aromatic carbocycles. The Hall–Kier alpha value is -2.78. The van der Waals surface area contributed by atoms with Crippen molar-refractivity contribution in [3.8, 4) is 0 Å². The number of carboxylic acids is 2. The van der Waals surface area contributed by atoms with Crippen LogP contribution in [0.4, 0.5) is 26.3 Å². The second kappa shape index (κ2) is 12.5. The Morgan fingerprint density at radius 1 is 1.12 bits per heavy atom. The van der Waals surface area contributed by atoms with E-state index in [0.717, 1.165) is 26.1 Å². The predicted molar refractivity (Wildman–Crippen MR) is 102 cm³/mol. The number of halogens is 6. The molecule has 0 aliphatic carbocycles. The van der Waals surface area contributed by atoms with Crippen molar-refractivity contribution in [3.05, 3.63) is 45.7 Å². The molecule has 0 saturated heterocycles. The van der Waals surface area contributed by atoms with Gasteiger partial charge in [0.15, 0.2) is 0 Å². The van der Waals surface area contributed by atoms with Gasteiger partial charge in [-0.05, 0) is 23.1 Å². The third-order valence-corrected chi connectivity index (χ3v) is 4.70. The van der Waals surface area contributed by atoms with E-state index in [9.17, 15) is 26.3 Å². The summed E-state index contributed by atoms with van der Waals surface area (Å²) in [6, 6.07) is 0. The van der Waals surface area contributed by atoms with E-state index >= 15 is 0 Å². The number of rotatable bonds is 4. The minimum Gasteiger partial charge on any atom is -0.475 e. The molecule has 3 rings (SSSR count). The Morgan fingerprint density at radius 2 is 1.70 bits per heavy atom. The first kappa shape index (κ1) is 28.3. The van der Waals surface area contributed by atoms with Gasteiger partial charge < -0.3 is 14.9 Å². The second-order valence-corrected chi connectivity index (χ2v) is 7.34. The van der Waals surface area contributed by atoms with E-state index in [2.05, 4.69) is 14.9 Å². The minimum absolute atomic E-state index is 0.655. The summed E-state index contributed by atoms with van der Waals surface area (Å²) in [7, 11) is 1.73. The summed E-state index contributed by atoms with van der Waals surface area (Å²) in [5.41, 5.74) is 3.98. The molecule has 0 amide bonds. The fraction of sp³-hybridized carbons (Fsp3) is 0.444. The number of nitrogens with zero attached hydrogens (tertiary/aromatic N) is 3. The van der Waals surface area contributed by atoms with Gasteiger partial charge in [-0.3, -0.25) is 9.88 Å². The van der Waals surface area contributed by atoms with Gasteiger partial charge in [0.05, 0.1) is 13.2 Å². The van der Waals surface area contributed by atoms with Crippen LogP contribution in [0.5, 0.6) is 0 Å². The molecule has 2 aromatic heterocycles. The highest BCUT2D eigenvalue weighted by molar-refractivity contribution is 7.09. The fourth-order valence-electron chi connectivity index (χ4n) is 2.56. The van der Waals surface area contributed by atoms with Crippen LogP contribution in [0.1, 0.15) is 21.7 Å². The van der Waals surface area contributed by atoms with E-state index in [1.807, 2.05) is 24.0 Å². The van der Waals surface area contributed by atoms with Crippen LogP contribution in [0, 0.1) is 0 Å². The van der Waals surface area contributed by atoms with E-state index in [0.29, 0.717) is 6.61 Å². The van der Waals surface area contributed by atoms with Crippen molar-refractivity contribution in [2.45, 2.75) is 38.5 Å². The number of carbonyl (C=O) groups is 2. The average Bonchev–Trinajstić information content (AvgIpc) is 3.21. The Balaban J connectivity index is 0.000000324. The van der Waals surface area contributed by atoms with Gasteiger partial charge in [-0.15, -0.1) is 11.3 Å². The van der Waals surface area contributed by atoms with Crippen LogP contribution >= 0.6 is 11.3 Å². The molecule has 0 spiro atoms. The van der Waals surface area contributed by atoms with Crippen molar-refractivity contribution in [2.24, 2.45) is 0 Å². The molecular weight excluding hydrogens is 484 g/mol. The van der Waals surface area contributed by atoms with E-state index in [1.54, 1.807) is 18.4 Å². The molecule has 15 heteroatoms. The van der Waals surface area contributed by atoms with Gasteiger partial charge in [-0.1, -0.05) is 0 Å². The monoisotopic (exact) mass is 503 g/mol. The highest BCUT2D eigenvalue weighted by atomic mass is 32.1. The maximum atomic E-state index is 10.6. The van der Waals surface area contributed by atoms with Gasteiger partial charge >= 0.3 is 24.3 Å². The van der Waals surface area contributed by atoms with Crippen LogP contribution in [0.25, 0.3) is 0 Å². The van der Waals surface area contributed by atoms with Crippen molar-refractivity contribution < 1.29 is 50.9 Å². The number of fused-ring (bicyclic) bond motifs is 1. The van der Waals surface area contributed by atoms with Gasteiger partial charge in [0, 0.05) is 44.2 Å². The topological polar surface area (TPSA) is 113 Å². The van der Waals surface area contributed by atoms with Crippen molar-refractivity contribution in [1.29, 1.82) is 0 Å². The number of hydrogen-bond donors (Lipinski definition) is 2. The molecular formula is C18H19F6N3O5S.